The number of unbranched alkanes of at least 4 members (excludes halogenated alkanes) is 2. The van der Waals surface area contributed by atoms with E-state index < -0.39 is 0 Å². The molecular weight excluding hydrogens is 296 g/mol. The molecule has 0 amide bonds. The number of hydrogen-bond donors (Lipinski definition) is 0. The molecule has 0 fully saturated rings. The Morgan fingerprint density at radius 3 is 1.50 bits per heavy atom. The fourth-order valence-corrected chi connectivity index (χ4v) is 2.84. The van der Waals surface area contributed by atoms with Crippen molar-refractivity contribution in [1.29, 1.82) is 0 Å². The van der Waals surface area contributed by atoms with E-state index in [-0.39, 0.29) is 0 Å². The highest BCUT2D eigenvalue weighted by atomic mass is 15.1. The van der Waals surface area contributed by atoms with E-state index in [4.69, 9.17) is 0 Å². The maximum absolute atomic E-state index is 2.25. The Morgan fingerprint density at radius 1 is 0.708 bits per heavy atom. The Morgan fingerprint density at radius 2 is 1.12 bits per heavy atom. The molecule has 0 aliphatic carbocycles. The molecule has 0 spiro atoms. The minimum absolute atomic E-state index is 1.09. The van der Waals surface area contributed by atoms with Crippen molar-refractivity contribution in [3.63, 3.8) is 0 Å². The van der Waals surface area contributed by atoms with Crippen molar-refractivity contribution >= 4 is 0 Å². The summed E-state index contributed by atoms with van der Waals surface area (Å²) in [5.74, 6) is 0. The summed E-state index contributed by atoms with van der Waals surface area (Å²) in [5.41, 5.74) is 2.39. The number of aromatic nitrogens is 4. The average Bonchev–Trinajstić information content (AvgIpc) is 3.28. The molecule has 0 unspecified atom stereocenters. The fraction of sp³-hybridized carbons (Fsp3) is 0.400. The van der Waals surface area contributed by atoms with Crippen LogP contribution in [0.5, 0.6) is 0 Å². The third kappa shape index (κ3) is 3.94. The van der Waals surface area contributed by atoms with E-state index in [0.717, 1.165) is 13.1 Å². The lowest BCUT2D eigenvalue weighted by Gasteiger charge is -1.98. The van der Waals surface area contributed by atoms with Crippen molar-refractivity contribution in [2.24, 2.45) is 0 Å². The van der Waals surface area contributed by atoms with Gasteiger partial charge in [-0.1, -0.05) is 26.7 Å². The van der Waals surface area contributed by atoms with E-state index >= 15 is 0 Å². The van der Waals surface area contributed by atoms with E-state index in [1.165, 1.54) is 37.1 Å². The summed E-state index contributed by atoms with van der Waals surface area (Å²) in [5, 5.41) is 0. The quantitative estimate of drug-likeness (QED) is 0.565. The molecule has 0 aliphatic rings. The monoisotopic (exact) mass is 324 g/mol. The van der Waals surface area contributed by atoms with Crippen LogP contribution in [0.2, 0.25) is 0 Å². The molecule has 0 saturated carbocycles. The number of rotatable bonds is 8. The van der Waals surface area contributed by atoms with Gasteiger partial charge < -0.3 is 0 Å². The van der Waals surface area contributed by atoms with Crippen LogP contribution in [0.1, 0.15) is 39.5 Å². The Balaban J connectivity index is 1.70. The van der Waals surface area contributed by atoms with E-state index in [9.17, 15) is 0 Å². The van der Waals surface area contributed by atoms with Gasteiger partial charge in [-0.15, -0.1) is 0 Å². The van der Waals surface area contributed by atoms with Crippen molar-refractivity contribution in [2.45, 2.75) is 52.6 Å². The fourth-order valence-electron chi connectivity index (χ4n) is 2.84. The maximum atomic E-state index is 2.25. The SMILES string of the molecule is CCCC[n+]1ccn(-c2ccc(-n3cc[n+](CCCC)c3)cc2)c1. The van der Waals surface area contributed by atoms with Crippen molar-refractivity contribution < 1.29 is 9.13 Å². The zero-order valence-corrected chi connectivity index (χ0v) is 14.8. The number of benzene rings is 1. The Kier molecular flexibility index (Phi) is 5.47. The Bertz CT molecular complexity index is 687. The first-order valence-electron chi connectivity index (χ1n) is 9.05. The summed E-state index contributed by atoms with van der Waals surface area (Å²) in [6, 6.07) is 8.71. The molecule has 0 saturated heterocycles. The van der Waals surface area contributed by atoms with Crippen molar-refractivity contribution in [3.8, 4) is 11.4 Å². The first kappa shape index (κ1) is 16.5. The molecule has 3 aromatic rings. The van der Waals surface area contributed by atoms with Crippen LogP contribution in [-0.2, 0) is 13.1 Å². The van der Waals surface area contributed by atoms with Gasteiger partial charge in [-0.2, -0.15) is 0 Å². The van der Waals surface area contributed by atoms with Crippen molar-refractivity contribution in [1.82, 2.24) is 9.13 Å². The number of aryl methyl sites for hydroxylation is 2. The van der Waals surface area contributed by atoms with Crippen LogP contribution in [0.15, 0.2) is 61.7 Å². The molecule has 2 aromatic heterocycles. The van der Waals surface area contributed by atoms with Gasteiger partial charge in [-0.3, -0.25) is 0 Å². The van der Waals surface area contributed by atoms with Gasteiger partial charge >= 0.3 is 0 Å². The van der Waals surface area contributed by atoms with Gasteiger partial charge in [-0.25, -0.2) is 18.3 Å². The van der Waals surface area contributed by atoms with E-state index in [1.807, 2.05) is 0 Å². The van der Waals surface area contributed by atoms with Crippen LogP contribution in [0, 0.1) is 0 Å². The molecule has 4 heteroatoms. The third-order valence-corrected chi connectivity index (χ3v) is 4.37. The normalized spacial score (nSPS) is 11.1. The largest absolute Gasteiger partial charge is 0.248 e. The second-order valence-electron chi connectivity index (χ2n) is 6.34. The van der Waals surface area contributed by atoms with Crippen molar-refractivity contribution in [2.75, 3.05) is 0 Å². The molecule has 3 rings (SSSR count). The van der Waals surface area contributed by atoms with Gasteiger partial charge in [0.15, 0.2) is 0 Å². The lowest BCUT2D eigenvalue weighted by molar-refractivity contribution is -0.696. The second kappa shape index (κ2) is 7.95. The predicted octanol–water partition coefficient (Wildman–Crippen LogP) is 3.44. The summed E-state index contributed by atoms with van der Waals surface area (Å²) >= 11 is 0. The minimum atomic E-state index is 1.09. The summed E-state index contributed by atoms with van der Waals surface area (Å²) in [6.45, 7) is 6.62. The van der Waals surface area contributed by atoms with E-state index in [0.29, 0.717) is 0 Å². The number of nitrogens with zero attached hydrogens (tertiary/aromatic N) is 4. The lowest BCUT2D eigenvalue weighted by Crippen LogP contribution is -2.30. The van der Waals surface area contributed by atoms with Gasteiger partial charge in [-0.05, 0) is 37.1 Å². The second-order valence-corrected chi connectivity index (χ2v) is 6.34. The molecule has 126 valence electrons. The van der Waals surface area contributed by atoms with Crippen LogP contribution in [0.4, 0.5) is 0 Å². The van der Waals surface area contributed by atoms with Crippen LogP contribution in [0.3, 0.4) is 0 Å². The van der Waals surface area contributed by atoms with Gasteiger partial charge in [0.1, 0.15) is 36.2 Å². The summed E-state index contributed by atoms with van der Waals surface area (Å²) in [4.78, 5) is 0. The molecular formula is C20H28N4+2. The predicted molar refractivity (Wildman–Crippen MR) is 95.3 cm³/mol. The summed E-state index contributed by atoms with van der Waals surface area (Å²) in [6.07, 6.45) is 17.8. The van der Waals surface area contributed by atoms with Crippen LogP contribution in [0.25, 0.3) is 11.4 Å². The third-order valence-electron chi connectivity index (χ3n) is 4.37. The van der Waals surface area contributed by atoms with Gasteiger partial charge in [0.25, 0.3) is 0 Å². The molecule has 24 heavy (non-hydrogen) atoms. The topological polar surface area (TPSA) is 17.6 Å². The zero-order chi connectivity index (χ0) is 16.8. The molecule has 0 aliphatic heterocycles. The molecule has 4 nitrogen and oxygen atoms in total. The maximum Gasteiger partial charge on any atom is 0.248 e. The van der Waals surface area contributed by atoms with Crippen LogP contribution in [-0.4, -0.2) is 9.13 Å². The smallest absolute Gasteiger partial charge is 0.236 e. The summed E-state index contributed by atoms with van der Waals surface area (Å²) in [7, 11) is 0. The highest BCUT2D eigenvalue weighted by Crippen LogP contribution is 2.12. The number of imidazole rings is 2. The molecule has 0 atom stereocenters. The number of hydrogen-bond acceptors (Lipinski definition) is 0. The molecule has 0 N–H and O–H groups in total. The Hall–Kier alpha value is -2.36. The summed E-state index contributed by atoms with van der Waals surface area (Å²) < 4.78 is 8.85. The molecule has 0 bridgehead atoms. The zero-order valence-electron chi connectivity index (χ0n) is 14.8. The lowest BCUT2D eigenvalue weighted by atomic mass is 10.3. The molecule has 1 aromatic carbocycles. The van der Waals surface area contributed by atoms with Gasteiger partial charge in [0.2, 0.25) is 12.7 Å². The van der Waals surface area contributed by atoms with Crippen LogP contribution < -0.4 is 9.13 Å². The van der Waals surface area contributed by atoms with Crippen molar-refractivity contribution in [3.05, 3.63) is 61.7 Å². The highest BCUT2D eigenvalue weighted by Gasteiger charge is 2.09. The van der Waals surface area contributed by atoms with Gasteiger partial charge in [0.05, 0.1) is 13.1 Å². The van der Waals surface area contributed by atoms with Gasteiger partial charge in [0, 0.05) is 0 Å². The molecule has 0 radical (unpaired) electrons. The Labute approximate surface area is 144 Å². The first-order chi connectivity index (χ1) is 11.8. The average molecular weight is 324 g/mol. The highest BCUT2D eigenvalue weighted by molar-refractivity contribution is 5.41. The van der Waals surface area contributed by atoms with E-state index in [1.54, 1.807) is 0 Å². The van der Waals surface area contributed by atoms with E-state index in [2.05, 4.69) is 93.8 Å². The van der Waals surface area contributed by atoms with Crippen LogP contribution >= 0.6 is 0 Å². The first-order valence-corrected chi connectivity index (χ1v) is 9.05. The minimum Gasteiger partial charge on any atom is -0.236 e. The molecule has 2 heterocycles. The standard InChI is InChI=1S/C20H28N4/c1-3-5-11-21-13-15-23(17-21)19-7-9-20(10-8-19)24-16-14-22(18-24)12-6-4-2/h7-10,13-18H,3-6,11-12H2,1-2H3/q+2.